The standard InChI is InChI=1S/C19H28N2O3/c1-14(2)12-20-19(22)13-21-8-3-5-16(21)15-6-7-17-18(11-15)24-10-4-9-23-17/h6-7,11,14,16H,3-5,8-10,12-13H2,1-2H3,(H,20,22). The zero-order valence-electron chi connectivity index (χ0n) is 14.7. The van der Waals surface area contributed by atoms with Crippen molar-refractivity contribution in [3.8, 4) is 11.5 Å². The van der Waals surface area contributed by atoms with E-state index < -0.39 is 0 Å². The molecule has 1 N–H and O–H groups in total. The molecule has 132 valence electrons. The van der Waals surface area contributed by atoms with Crippen LogP contribution in [0.15, 0.2) is 18.2 Å². The van der Waals surface area contributed by atoms with Gasteiger partial charge in [-0.15, -0.1) is 0 Å². The van der Waals surface area contributed by atoms with Gasteiger partial charge in [-0.2, -0.15) is 0 Å². The molecule has 2 aliphatic rings. The Hall–Kier alpha value is -1.75. The zero-order chi connectivity index (χ0) is 16.9. The molecule has 1 aromatic carbocycles. The summed E-state index contributed by atoms with van der Waals surface area (Å²) in [4.78, 5) is 14.4. The normalized spacial score (nSPS) is 20.9. The first kappa shape index (κ1) is 17.1. The minimum atomic E-state index is 0.116. The third kappa shape index (κ3) is 4.20. The number of hydrogen-bond donors (Lipinski definition) is 1. The molecule has 0 saturated carbocycles. The van der Waals surface area contributed by atoms with Crippen molar-refractivity contribution in [3.63, 3.8) is 0 Å². The lowest BCUT2D eigenvalue weighted by Gasteiger charge is -2.25. The molecule has 0 bridgehead atoms. The van der Waals surface area contributed by atoms with E-state index in [0.29, 0.717) is 25.7 Å². The van der Waals surface area contributed by atoms with Crippen molar-refractivity contribution in [2.24, 2.45) is 5.92 Å². The molecule has 0 aliphatic carbocycles. The Bertz CT molecular complexity index is 574. The summed E-state index contributed by atoms with van der Waals surface area (Å²) in [6.45, 7) is 7.79. The number of nitrogens with one attached hydrogen (secondary N) is 1. The fourth-order valence-electron chi connectivity index (χ4n) is 3.34. The van der Waals surface area contributed by atoms with Crippen molar-refractivity contribution in [2.75, 3.05) is 32.8 Å². The highest BCUT2D eigenvalue weighted by molar-refractivity contribution is 5.78. The van der Waals surface area contributed by atoms with Gasteiger partial charge in [0.25, 0.3) is 0 Å². The van der Waals surface area contributed by atoms with E-state index in [1.165, 1.54) is 5.56 Å². The summed E-state index contributed by atoms with van der Waals surface area (Å²) in [6.07, 6.45) is 3.11. The highest BCUT2D eigenvalue weighted by Gasteiger charge is 2.28. The van der Waals surface area contributed by atoms with Crippen LogP contribution in [0.25, 0.3) is 0 Å². The second kappa shape index (κ2) is 7.88. The van der Waals surface area contributed by atoms with Crippen LogP contribution < -0.4 is 14.8 Å². The quantitative estimate of drug-likeness (QED) is 0.901. The molecule has 1 saturated heterocycles. The summed E-state index contributed by atoms with van der Waals surface area (Å²) in [7, 11) is 0. The second-order valence-corrected chi connectivity index (χ2v) is 7.08. The Kier molecular flexibility index (Phi) is 5.61. The Morgan fingerprint density at radius 2 is 2.04 bits per heavy atom. The van der Waals surface area contributed by atoms with Crippen molar-refractivity contribution < 1.29 is 14.3 Å². The number of carbonyl (C=O) groups excluding carboxylic acids is 1. The molecule has 2 aliphatic heterocycles. The second-order valence-electron chi connectivity index (χ2n) is 7.08. The van der Waals surface area contributed by atoms with E-state index in [1.807, 2.05) is 6.07 Å². The Labute approximate surface area is 144 Å². The van der Waals surface area contributed by atoms with Gasteiger partial charge in [0.1, 0.15) is 0 Å². The van der Waals surface area contributed by atoms with E-state index in [2.05, 4.69) is 36.2 Å². The van der Waals surface area contributed by atoms with Gasteiger partial charge in [0.2, 0.25) is 5.91 Å². The Morgan fingerprint density at radius 3 is 2.83 bits per heavy atom. The van der Waals surface area contributed by atoms with Crippen LogP contribution in [0.2, 0.25) is 0 Å². The fourth-order valence-corrected chi connectivity index (χ4v) is 3.34. The average molecular weight is 332 g/mol. The summed E-state index contributed by atoms with van der Waals surface area (Å²) < 4.78 is 11.5. The number of carbonyl (C=O) groups is 1. The molecule has 1 aromatic rings. The largest absolute Gasteiger partial charge is 0.490 e. The number of amides is 1. The summed E-state index contributed by atoms with van der Waals surface area (Å²) >= 11 is 0. The van der Waals surface area contributed by atoms with Gasteiger partial charge in [-0.3, -0.25) is 9.69 Å². The van der Waals surface area contributed by atoms with Crippen LogP contribution in [0.5, 0.6) is 11.5 Å². The molecule has 5 heteroatoms. The molecule has 1 unspecified atom stereocenters. The van der Waals surface area contributed by atoms with Gasteiger partial charge in [0, 0.05) is 19.0 Å². The molecule has 0 radical (unpaired) electrons. The number of ether oxygens (including phenoxy) is 2. The number of fused-ring (bicyclic) bond motifs is 1. The van der Waals surface area contributed by atoms with E-state index >= 15 is 0 Å². The molecule has 2 heterocycles. The van der Waals surface area contributed by atoms with E-state index in [1.54, 1.807) is 0 Å². The number of likely N-dealkylation sites (tertiary alicyclic amines) is 1. The Balaban J connectivity index is 1.67. The van der Waals surface area contributed by atoms with E-state index in [9.17, 15) is 4.79 Å². The first-order valence-electron chi connectivity index (χ1n) is 9.04. The van der Waals surface area contributed by atoms with E-state index in [-0.39, 0.29) is 11.9 Å². The van der Waals surface area contributed by atoms with Gasteiger partial charge in [0.05, 0.1) is 19.8 Å². The minimum Gasteiger partial charge on any atom is -0.490 e. The highest BCUT2D eigenvalue weighted by Crippen LogP contribution is 2.37. The van der Waals surface area contributed by atoms with Gasteiger partial charge in [-0.25, -0.2) is 0 Å². The number of hydrogen-bond acceptors (Lipinski definition) is 4. The zero-order valence-corrected chi connectivity index (χ0v) is 14.7. The minimum absolute atomic E-state index is 0.116. The van der Waals surface area contributed by atoms with Crippen LogP contribution in [-0.2, 0) is 4.79 Å². The highest BCUT2D eigenvalue weighted by atomic mass is 16.5. The summed E-state index contributed by atoms with van der Waals surface area (Å²) in [5.74, 6) is 2.26. The molecule has 1 fully saturated rings. The van der Waals surface area contributed by atoms with Crippen LogP contribution in [-0.4, -0.2) is 43.7 Å². The van der Waals surface area contributed by atoms with E-state index in [0.717, 1.165) is 43.9 Å². The van der Waals surface area contributed by atoms with Gasteiger partial charge in [-0.1, -0.05) is 19.9 Å². The molecule has 1 atom stereocenters. The van der Waals surface area contributed by atoms with Gasteiger partial charge in [0.15, 0.2) is 11.5 Å². The molecule has 0 spiro atoms. The summed E-state index contributed by atoms with van der Waals surface area (Å²) in [5, 5.41) is 3.01. The third-order valence-corrected chi connectivity index (χ3v) is 4.57. The smallest absolute Gasteiger partial charge is 0.234 e. The van der Waals surface area contributed by atoms with Crippen LogP contribution in [0.3, 0.4) is 0 Å². The van der Waals surface area contributed by atoms with Crippen LogP contribution in [0.1, 0.15) is 44.7 Å². The van der Waals surface area contributed by atoms with Crippen LogP contribution in [0.4, 0.5) is 0 Å². The van der Waals surface area contributed by atoms with Crippen molar-refractivity contribution >= 4 is 5.91 Å². The number of rotatable bonds is 5. The lowest BCUT2D eigenvalue weighted by molar-refractivity contribution is -0.122. The first-order valence-corrected chi connectivity index (χ1v) is 9.04. The van der Waals surface area contributed by atoms with Gasteiger partial charge < -0.3 is 14.8 Å². The Morgan fingerprint density at radius 1 is 1.25 bits per heavy atom. The average Bonchev–Trinajstić information content (AvgIpc) is 2.88. The monoisotopic (exact) mass is 332 g/mol. The van der Waals surface area contributed by atoms with E-state index in [4.69, 9.17) is 9.47 Å². The lowest BCUT2D eigenvalue weighted by atomic mass is 10.0. The van der Waals surface area contributed by atoms with Crippen molar-refractivity contribution in [2.45, 2.75) is 39.2 Å². The van der Waals surface area contributed by atoms with Crippen LogP contribution in [0, 0.1) is 5.92 Å². The number of nitrogens with zero attached hydrogens (tertiary/aromatic N) is 1. The van der Waals surface area contributed by atoms with Gasteiger partial charge in [-0.05, 0) is 43.0 Å². The van der Waals surface area contributed by atoms with Crippen LogP contribution >= 0.6 is 0 Å². The number of benzene rings is 1. The predicted octanol–water partition coefficient (Wildman–Crippen LogP) is 2.76. The molecule has 3 rings (SSSR count). The van der Waals surface area contributed by atoms with Crippen molar-refractivity contribution in [1.29, 1.82) is 0 Å². The summed E-state index contributed by atoms with van der Waals surface area (Å²) in [6, 6.07) is 6.50. The molecule has 0 aromatic heterocycles. The predicted molar refractivity (Wildman–Crippen MR) is 93.4 cm³/mol. The van der Waals surface area contributed by atoms with Crippen molar-refractivity contribution in [3.05, 3.63) is 23.8 Å². The van der Waals surface area contributed by atoms with Crippen molar-refractivity contribution in [1.82, 2.24) is 10.2 Å². The molecular formula is C19H28N2O3. The molecule has 5 nitrogen and oxygen atoms in total. The SMILES string of the molecule is CC(C)CNC(=O)CN1CCCC1c1ccc2c(c1)OCCCO2. The summed E-state index contributed by atoms with van der Waals surface area (Å²) in [5.41, 5.74) is 1.22. The maximum absolute atomic E-state index is 12.2. The maximum Gasteiger partial charge on any atom is 0.234 e. The molecular weight excluding hydrogens is 304 g/mol. The lowest BCUT2D eigenvalue weighted by Crippen LogP contribution is -2.38. The first-order chi connectivity index (χ1) is 11.6. The third-order valence-electron chi connectivity index (χ3n) is 4.57. The topological polar surface area (TPSA) is 50.8 Å². The van der Waals surface area contributed by atoms with Gasteiger partial charge >= 0.3 is 0 Å². The molecule has 1 amide bonds. The molecule has 24 heavy (non-hydrogen) atoms. The fraction of sp³-hybridized carbons (Fsp3) is 0.632. The maximum atomic E-state index is 12.2.